The van der Waals surface area contributed by atoms with E-state index >= 15 is 0 Å². The molecule has 1 aromatic heterocycles. The Morgan fingerprint density at radius 3 is 2.24 bits per heavy atom. The van der Waals surface area contributed by atoms with Crippen LogP contribution in [0, 0.1) is 13.8 Å². The minimum atomic E-state index is -0.507. The topological polar surface area (TPSA) is 66.8 Å². The van der Waals surface area contributed by atoms with E-state index in [1.807, 2.05) is 73.0 Å². The number of amides is 1. The van der Waals surface area contributed by atoms with Crippen molar-refractivity contribution in [3.05, 3.63) is 77.6 Å². The zero-order chi connectivity index (χ0) is 24.1. The van der Waals surface area contributed by atoms with Gasteiger partial charge in [-0.2, -0.15) is 0 Å². The fraction of sp³-hybridized carbons (Fsp3) is 0.333. The quantitative estimate of drug-likeness (QED) is 0.539. The van der Waals surface area contributed by atoms with Crippen LogP contribution in [0.5, 0.6) is 0 Å². The zero-order valence-corrected chi connectivity index (χ0v) is 20.1. The van der Waals surface area contributed by atoms with Gasteiger partial charge in [-0.05, 0) is 62.9 Å². The average Bonchev–Trinajstić information content (AvgIpc) is 3.17. The van der Waals surface area contributed by atoms with Crippen LogP contribution in [0.2, 0.25) is 0 Å². The van der Waals surface area contributed by atoms with Gasteiger partial charge in [0.05, 0.1) is 5.56 Å². The third kappa shape index (κ3) is 5.31. The molecular formula is C27H32N4O3. The van der Waals surface area contributed by atoms with Gasteiger partial charge in [0, 0.05) is 54.6 Å². The van der Waals surface area contributed by atoms with Gasteiger partial charge in [-0.1, -0.05) is 25.1 Å². The first kappa shape index (κ1) is 23.6. The summed E-state index contributed by atoms with van der Waals surface area (Å²) in [4.78, 5) is 29.8. The molecule has 0 unspecified atom stereocenters. The van der Waals surface area contributed by atoms with Gasteiger partial charge >= 0.3 is 5.97 Å². The maximum absolute atomic E-state index is 12.7. The number of rotatable bonds is 7. The number of esters is 1. The highest BCUT2D eigenvalue weighted by molar-refractivity contribution is 5.96. The molecule has 1 amide bonds. The van der Waals surface area contributed by atoms with E-state index in [2.05, 4.69) is 22.0 Å². The largest absolute Gasteiger partial charge is 0.452 e. The van der Waals surface area contributed by atoms with Crippen molar-refractivity contribution in [1.82, 2.24) is 9.47 Å². The SMILES string of the molecule is CCN1CCN(c2ccc(NC(=O)COC(=O)c3cc(C)n(-c4ccccc4)c3C)cc2)CC1. The number of anilines is 2. The Morgan fingerprint density at radius 1 is 0.912 bits per heavy atom. The first-order chi connectivity index (χ1) is 16.5. The molecule has 1 aliphatic heterocycles. The lowest BCUT2D eigenvalue weighted by molar-refractivity contribution is -0.119. The van der Waals surface area contributed by atoms with Gasteiger partial charge in [-0.15, -0.1) is 0 Å². The summed E-state index contributed by atoms with van der Waals surface area (Å²) < 4.78 is 7.31. The van der Waals surface area contributed by atoms with Crippen LogP contribution >= 0.6 is 0 Å². The normalized spacial score (nSPS) is 14.1. The smallest absolute Gasteiger partial charge is 0.340 e. The third-order valence-electron chi connectivity index (χ3n) is 6.34. The van der Waals surface area contributed by atoms with Crippen LogP contribution in [0.4, 0.5) is 11.4 Å². The van der Waals surface area contributed by atoms with Crippen LogP contribution in [0.25, 0.3) is 5.69 Å². The highest BCUT2D eigenvalue weighted by Gasteiger charge is 2.19. The molecule has 1 N–H and O–H groups in total. The highest BCUT2D eigenvalue weighted by Crippen LogP contribution is 2.22. The van der Waals surface area contributed by atoms with E-state index in [4.69, 9.17) is 4.74 Å². The molecule has 1 fully saturated rings. The van der Waals surface area contributed by atoms with Gasteiger partial charge in [-0.25, -0.2) is 4.79 Å². The number of benzene rings is 2. The Kier molecular flexibility index (Phi) is 7.33. The molecule has 178 valence electrons. The van der Waals surface area contributed by atoms with Gasteiger partial charge in [0.2, 0.25) is 0 Å². The number of hydrogen-bond acceptors (Lipinski definition) is 5. The van der Waals surface area contributed by atoms with Crippen molar-refractivity contribution in [3.8, 4) is 5.69 Å². The molecule has 0 radical (unpaired) electrons. The molecule has 7 heteroatoms. The first-order valence-corrected chi connectivity index (χ1v) is 11.7. The molecule has 2 aromatic carbocycles. The number of aromatic nitrogens is 1. The summed E-state index contributed by atoms with van der Waals surface area (Å²) in [6.07, 6.45) is 0. The molecule has 7 nitrogen and oxygen atoms in total. The summed E-state index contributed by atoms with van der Waals surface area (Å²) in [5.41, 5.74) is 4.97. The van der Waals surface area contributed by atoms with Crippen molar-refractivity contribution in [2.75, 3.05) is 49.5 Å². The first-order valence-electron chi connectivity index (χ1n) is 11.7. The van der Waals surface area contributed by atoms with Crippen LogP contribution < -0.4 is 10.2 Å². The minimum Gasteiger partial charge on any atom is -0.452 e. The molecule has 4 rings (SSSR count). The maximum atomic E-state index is 12.7. The van der Waals surface area contributed by atoms with Gasteiger partial charge in [0.15, 0.2) is 6.61 Å². The van der Waals surface area contributed by atoms with Gasteiger partial charge in [0.25, 0.3) is 5.91 Å². The van der Waals surface area contributed by atoms with Crippen molar-refractivity contribution in [3.63, 3.8) is 0 Å². The minimum absolute atomic E-state index is 0.339. The van der Waals surface area contributed by atoms with Crippen LogP contribution in [0.15, 0.2) is 60.7 Å². The molecule has 1 saturated heterocycles. The number of likely N-dealkylation sites (N-methyl/N-ethyl adjacent to an activating group) is 1. The highest BCUT2D eigenvalue weighted by atomic mass is 16.5. The molecule has 2 heterocycles. The Balaban J connectivity index is 1.31. The van der Waals surface area contributed by atoms with E-state index in [9.17, 15) is 9.59 Å². The predicted molar refractivity (Wildman–Crippen MR) is 135 cm³/mol. The molecule has 0 aliphatic carbocycles. The second kappa shape index (κ2) is 10.6. The third-order valence-corrected chi connectivity index (χ3v) is 6.34. The number of hydrogen-bond donors (Lipinski definition) is 1. The molecule has 0 saturated carbocycles. The Morgan fingerprint density at radius 2 is 1.59 bits per heavy atom. The van der Waals surface area contributed by atoms with Crippen molar-refractivity contribution >= 4 is 23.3 Å². The Hall–Kier alpha value is -3.58. The summed E-state index contributed by atoms with van der Waals surface area (Å²) in [6, 6.07) is 19.4. The second-order valence-corrected chi connectivity index (χ2v) is 8.55. The molecule has 0 spiro atoms. The number of nitrogens with zero attached hydrogens (tertiary/aromatic N) is 3. The summed E-state index contributed by atoms with van der Waals surface area (Å²) in [5, 5.41) is 2.80. The van der Waals surface area contributed by atoms with Gasteiger partial charge < -0.3 is 24.4 Å². The van der Waals surface area contributed by atoms with Crippen LogP contribution in [0.1, 0.15) is 28.7 Å². The monoisotopic (exact) mass is 460 g/mol. The lowest BCUT2D eigenvalue weighted by atomic mass is 10.2. The van der Waals surface area contributed by atoms with E-state index in [1.165, 1.54) is 0 Å². The Bertz CT molecular complexity index is 1130. The van der Waals surface area contributed by atoms with Crippen molar-refractivity contribution in [2.24, 2.45) is 0 Å². The fourth-order valence-corrected chi connectivity index (χ4v) is 4.43. The van der Waals surface area contributed by atoms with E-state index in [1.54, 1.807) is 6.07 Å². The average molecular weight is 461 g/mol. The van der Waals surface area contributed by atoms with E-state index in [-0.39, 0.29) is 12.5 Å². The van der Waals surface area contributed by atoms with Crippen LogP contribution in [0.3, 0.4) is 0 Å². The van der Waals surface area contributed by atoms with E-state index in [0.29, 0.717) is 11.3 Å². The number of piperazine rings is 1. The number of ether oxygens (including phenoxy) is 1. The molecule has 0 bridgehead atoms. The second-order valence-electron chi connectivity index (χ2n) is 8.55. The molecule has 0 atom stereocenters. The fourth-order valence-electron chi connectivity index (χ4n) is 4.43. The van der Waals surface area contributed by atoms with Crippen molar-refractivity contribution in [2.45, 2.75) is 20.8 Å². The summed E-state index contributed by atoms with van der Waals surface area (Å²) in [7, 11) is 0. The molecule has 3 aromatic rings. The predicted octanol–water partition coefficient (Wildman–Crippen LogP) is 4.03. The number of nitrogens with one attached hydrogen (secondary N) is 1. The maximum Gasteiger partial charge on any atom is 0.340 e. The summed E-state index contributed by atoms with van der Waals surface area (Å²) in [6.45, 7) is 10.9. The number of carbonyl (C=O) groups is 2. The van der Waals surface area contributed by atoms with Crippen LogP contribution in [-0.4, -0.2) is 60.7 Å². The standard InChI is InChI=1S/C27H32N4O3/c1-4-29-14-16-30(17-15-29)23-12-10-22(11-13-23)28-26(32)19-34-27(33)25-18-20(2)31(21(25)3)24-8-6-5-7-9-24/h5-13,18H,4,14-17,19H2,1-3H3,(H,28,32). The molecule has 1 aliphatic rings. The van der Waals surface area contributed by atoms with E-state index < -0.39 is 5.97 Å². The summed E-state index contributed by atoms with van der Waals surface area (Å²) in [5.74, 6) is -0.874. The van der Waals surface area contributed by atoms with Crippen molar-refractivity contribution in [1.29, 1.82) is 0 Å². The van der Waals surface area contributed by atoms with Gasteiger partial charge in [-0.3, -0.25) is 4.79 Å². The zero-order valence-electron chi connectivity index (χ0n) is 20.1. The Labute approximate surface area is 200 Å². The summed E-state index contributed by atoms with van der Waals surface area (Å²) >= 11 is 0. The van der Waals surface area contributed by atoms with Gasteiger partial charge in [0.1, 0.15) is 0 Å². The number of carbonyl (C=O) groups excluding carboxylic acids is 2. The van der Waals surface area contributed by atoms with E-state index in [0.717, 1.165) is 55.5 Å². The number of aryl methyl sites for hydroxylation is 1. The van der Waals surface area contributed by atoms with Crippen molar-refractivity contribution < 1.29 is 14.3 Å². The lowest BCUT2D eigenvalue weighted by Gasteiger charge is -2.35. The van der Waals surface area contributed by atoms with Crippen LogP contribution in [-0.2, 0) is 9.53 Å². The number of para-hydroxylation sites is 1. The molecule has 34 heavy (non-hydrogen) atoms. The molecular weight excluding hydrogens is 428 g/mol. The lowest BCUT2D eigenvalue weighted by Crippen LogP contribution is -2.46.